The molecule has 1 heterocycles. The Labute approximate surface area is 109 Å². The lowest BCUT2D eigenvalue weighted by Crippen LogP contribution is -2.40. The van der Waals surface area contributed by atoms with Crippen molar-refractivity contribution in [1.29, 1.82) is 0 Å². The first-order valence-electron chi connectivity index (χ1n) is 6.82. The summed E-state index contributed by atoms with van der Waals surface area (Å²) in [5.41, 5.74) is 0. The number of rotatable bonds is 5. The molecule has 2 rings (SSSR count). The van der Waals surface area contributed by atoms with Gasteiger partial charge in [0, 0.05) is 6.54 Å². The van der Waals surface area contributed by atoms with E-state index >= 15 is 0 Å². The maximum atomic E-state index is 9.96. The van der Waals surface area contributed by atoms with Crippen molar-refractivity contribution in [3.05, 3.63) is 30.3 Å². The molecular formula is C15H23NO2. The van der Waals surface area contributed by atoms with Crippen molar-refractivity contribution in [1.82, 2.24) is 4.90 Å². The highest BCUT2D eigenvalue weighted by molar-refractivity contribution is 5.20. The van der Waals surface area contributed by atoms with Crippen LogP contribution < -0.4 is 4.74 Å². The maximum Gasteiger partial charge on any atom is 0.119 e. The Bertz CT molecular complexity index is 334. The molecular weight excluding hydrogens is 226 g/mol. The van der Waals surface area contributed by atoms with E-state index in [-0.39, 0.29) is 0 Å². The van der Waals surface area contributed by atoms with Crippen LogP contribution in [0.1, 0.15) is 19.8 Å². The Morgan fingerprint density at radius 2 is 1.94 bits per heavy atom. The molecule has 3 nitrogen and oxygen atoms in total. The maximum absolute atomic E-state index is 9.96. The lowest BCUT2D eigenvalue weighted by atomic mass is 9.99. The third-order valence-corrected chi connectivity index (χ3v) is 3.53. The number of nitrogens with zero attached hydrogens (tertiary/aromatic N) is 1. The van der Waals surface area contributed by atoms with E-state index in [1.807, 2.05) is 30.3 Å². The summed E-state index contributed by atoms with van der Waals surface area (Å²) in [7, 11) is 0. The zero-order valence-corrected chi connectivity index (χ0v) is 11.1. The first-order chi connectivity index (χ1) is 8.74. The number of aliphatic hydroxyl groups is 1. The number of likely N-dealkylation sites (tertiary alicyclic amines) is 1. The van der Waals surface area contributed by atoms with Gasteiger partial charge in [0.05, 0.1) is 0 Å². The Kier molecular flexibility index (Phi) is 5.02. The summed E-state index contributed by atoms with van der Waals surface area (Å²) in [6, 6.07) is 9.66. The number of β-amino-alcohol motifs (C(OH)–C–C–N with tert-alkyl or cyclic N) is 1. The van der Waals surface area contributed by atoms with Gasteiger partial charge in [0.15, 0.2) is 0 Å². The molecule has 1 aliphatic rings. The van der Waals surface area contributed by atoms with Crippen LogP contribution in [0.3, 0.4) is 0 Å². The molecule has 0 amide bonds. The second kappa shape index (κ2) is 6.76. The standard InChI is InChI=1S/C15H23NO2/c1-13-7-9-16(10-8-13)11-14(17)12-18-15-5-3-2-4-6-15/h2-6,13-14,17H,7-12H2,1H3/t14-/m0/s1. The minimum atomic E-state index is -0.404. The Morgan fingerprint density at radius 1 is 1.28 bits per heavy atom. The number of piperidine rings is 1. The van der Waals surface area contributed by atoms with E-state index in [2.05, 4.69) is 11.8 Å². The van der Waals surface area contributed by atoms with Gasteiger partial charge in [-0.2, -0.15) is 0 Å². The monoisotopic (exact) mass is 249 g/mol. The number of hydrogen-bond acceptors (Lipinski definition) is 3. The van der Waals surface area contributed by atoms with Crippen molar-refractivity contribution >= 4 is 0 Å². The van der Waals surface area contributed by atoms with Crippen LogP contribution in [0.2, 0.25) is 0 Å². The van der Waals surface area contributed by atoms with Gasteiger partial charge in [-0.1, -0.05) is 25.1 Å². The molecule has 0 unspecified atom stereocenters. The predicted molar refractivity (Wildman–Crippen MR) is 72.8 cm³/mol. The summed E-state index contributed by atoms with van der Waals surface area (Å²) in [4.78, 5) is 2.33. The summed E-state index contributed by atoms with van der Waals surface area (Å²) >= 11 is 0. The highest BCUT2D eigenvalue weighted by atomic mass is 16.5. The molecule has 100 valence electrons. The number of para-hydroxylation sites is 1. The number of aliphatic hydroxyl groups excluding tert-OH is 1. The smallest absolute Gasteiger partial charge is 0.119 e. The van der Waals surface area contributed by atoms with Crippen LogP contribution in [0.5, 0.6) is 5.75 Å². The largest absolute Gasteiger partial charge is 0.491 e. The van der Waals surface area contributed by atoms with Crippen molar-refractivity contribution in [2.75, 3.05) is 26.2 Å². The van der Waals surface area contributed by atoms with Gasteiger partial charge in [-0.15, -0.1) is 0 Å². The van der Waals surface area contributed by atoms with Crippen LogP contribution in [-0.2, 0) is 0 Å². The molecule has 1 fully saturated rings. The van der Waals surface area contributed by atoms with E-state index in [9.17, 15) is 5.11 Å². The summed E-state index contributed by atoms with van der Waals surface area (Å²) in [6.45, 7) is 5.59. The SMILES string of the molecule is CC1CCN(C[C@H](O)COc2ccccc2)CC1. The van der Waals surface area contributed by atoms with Crippen molar-refractivity contribution in [2.45, 2.75) is 25.9 Å². The summed E-state index contributed by atoms with van der Waals surface area (Å²) in [5.74, 6) is 1.66. The lowest BCUT2D eigenvalue weighted by Gasteiger charge is -2.31. The van der Waals surface area contributed by atoms with Gasteiger partial charge in [-0.05, 0) is 44.0 Å². The minimum Gasteiger partial charge on any atom is -0.491 e. The van der Waals surface area contributed by atoms with Crippen LogP contribution in [0, 0.1) is 5.92 Å². The Morgan fingerprint density at radius 3 is 2.61 bits per heavy atom. The molecule has 1 atom stereocenters. The van der Waals surface area contributed by atoms with Crippen LogP contribution in [-0.4, -0.2) is 42.4 Å². The first kappa shape index (κ1) is 13.4. The molecule has 1 aliphatic heterocycles. The van der Waals surface area contributed by atoms with E-state index in [4.69, 9.17) is 4.74 Å². The third kappa shape index (κ3) is 4.31. The summed E-state index contributed by atoms with van der Waals surface area (Å²) in [6.07, 6.45) is 2.08. The van der Waals surface area contributed by atoms with Crippen LogP contribution in [0.4, 0.5) is 0 Å². The Hall–Kier alpha value is -1.06. The predicted octanol–water partition coefficient (Wildman–Crippen LogP) is 2.16. The fourth-order valence-electron chi connectivity index (χ4n) is 2.30. The second-order valence-corrected chi connectivity index (χ2v) is 5.26. The molecule has 0 aliphatic carbocycles. The highest BCUT2D eigenvalue weighted by Gasteiger charge is 2.18. The molecule has 1 N–H and O–H groups in total. The molecule has 0 saturated carbocycles. The van der Waals surface area contributed by atoms with Gasteiger partial charge >= 0.3 is 0 Å². The van der Waals surface area contributed by atoms with Gasteiger partial charge < -0.3 is 14.7 Å². The van der Waals surface area contributed by atoms with E-state index < -0.39 is 6.10 Å². The normalized spacial score (nSPS) is 19.7. The molecule has 3 heteroatoms. The average Bonchev–Trinajstić information content (AvgIpc) is 2.40. The number of hydrogen-bond donors (Lipinski definition) is 1. The molecule has 1 aromatic rings. The van der Waals surface area contributed by atoms with Gasteiger partial charge in [0.1, 0.15) is 18.5 Å². The van der Waals surface area contributed by atoms with Gasteiger partial charge in [0.2, 0.25) is 0 Å². The van der Waals surface area contributed by atoms with E-state index in [1.165, 1.54) is 12.8 Å². The van der Waals surface area contributed by atoms with Crippen molar-refractivity contribution in [2.24, 2.45) is 5.92 Å². The molecule has 18 heavy (non-hydrogen) atoms. The number of benzene rings is 1. The van der Waals surface area contributed by atoms with Crippen LogP contribution >= 0.6 is 0 Å². The zero-order valence-electron chi connectivity index (χ0n) is 11.1. The average molecular weight is 249 g/mol. The number of ether oxygens (including phenoxy) is 1. The van der Waals surface area contributed by atoms with Gasteiger partial charge in [-0.3, -0.25) is 0 Å². The fourth-order valence-corrected chi connectivity index (χ4v) is 2.30. The second-order valence-electron chi connectivity index (χ2n) is 5.26. The third-order valence-electron chi connectivity index (χ3n) is 3.53. The summed E-state index contributed by atoms with van der Waals surface area (Å²) < 4.78 is 5.55. The van der Waals surface area contributed by atoms with Gasteiger partial charge in [0.25, 0.3) is 0 Å². The van der Waals surface area contributed by atoms with Gasteiger partial charge in [-0.25, -0.2) is 0 Å². The lowest BCUT2D eigenvalue weighted by molar-refractivity contribution is 0.0563. The molecule has 0 aromatic heterocycles. The Balaban J connectivity index is 1.67. The molecule has 0 radical (unpaired) electrons. The highest BCUT2D eigenvalue weighted by Crippen LogP contribution is 2.16. The zero-order chi connectivity index (χ0) is 12.8. The molecule has 1 aromatic carbocycles. The first-order valence-corrected chi connectivity index (χ1v) is 6.82. The quantitative estimate of drug-likeness (QED) is 0.868. The van der Waals surface area contributed by atoms with E-state index in [0.717, 1.165) is 31.3 Å². The van der Waals surface area contributed by atoms with E-state index in [0.29, 0.717) is 6.61 Å². The fraction of sp³-hybridized carbons (Fsp3) is 0.600. The van der Waals surface area contributed by atoms with Crippen LogP contribution in [0.15, 0.2) is 30.3 Å². The van der Waals surface area contributed by atoms with Crippen molar-refractivity contribution in [3.63, 3.8) is 0 Å². The molecule has 1 saturated heterocycles. The molecule has 0 spiro atoms. The molecule has 0 bridgehead atoms. The summed E-state index contributed by atoms with van der Waals surface area (Å²) in [5, 5.41) is 9.96. The van der Waals surface area contributed by atoms with Crippen LogP contribution in [0.25, 0.3) is 0 Å². The van der Waals surface area contributed by atoms with E-state index in [1.54, 1.807) is 0 Å². The van der Waals surface area contributed by atoms with Crippen molar-refractivity contribution < 1.29 is 9.84 Å². The topological polar surface area (TPSA) is 32.7 Å². The van der Waals surface area contributed by atoms with Crippen molar-refractivity contribution in [3.8, 4) is 5.75 Å². The minimum absolute atomic E-state index is 0.371.